The van der Waals surface area contributed by atoms with Gasteiger partial charge in [0.05, 0.1) is 11.9 Å². The van der Waals surface area contributed by atoms with Crippen LogP contribution in [0, 0.1) is 5.92 Å². The van der Waals surface area contributed by atoms with Crippen molar-refractivity contribution < 1.29 is 26.7 Å². The number of hydrogen-bond donors (Lipinski definition) is 2. The van der Waals surface area contributed by atoms with E-state index >= 15 is 0 Å². The second-order valence-electron chi connectivity index (χ2n) is 4.38. The highest BCUT2D eigenvalue weighted by Crippen LogP contribution is 2.26. The molecule has 0 aromatic rings. The average Bonchev–Trinajstić information content (AvgIpc) is 2.08. The largest absolute Gasteiger partial charge is 0.393 e. The second kappa shape index (κ2) is 5.53. The number of nitrogens with one attached hydrogen (secondary N) is 1. The molecule has 0 radical (unpaired) electrons. The SMILES string of the molecule is O=S(=O)(CCCC(F)(F)F)NCC1CC(O)C1. The van der Waals surface area contributed by atoms with Crippen LogP contribution in [0.15, 0.2) is 0 Å². The van der Waals surface area contributed by atoms with Crippen molar-refractivity contribution in [1.82, 2.24) is 4.72 Å². The second-order valence-corrected chi connectivity index (χ2v) is 6.30. The quantitative estimate of drug-likeness (QED) is 0.760. The zero-order valence-corrected chi connectivity index (χ0v) is 10.0. The van der Waals surface area contributed by atoms with Crippen LogP contribution in [-0.4, -0.2) is 38.1 Å². The predicted octanol–water partition coefficient (Wildman–Crippen LogP) is 1.02. The van der Waals surface area contributed by atoms with E-state index in [2.05, 4.69) is 4.72 Å². The van der Waals surface area contributed by atoms with Gasteiger partial charge in [-0.25, -0.2) is 13.1 Å². The molecule has 0 heterocycles. The molecule has 8 heteroatoms. The fourth-order valence-electron chi connectivity index (χ4n) is 1.65. The predicted molar refractivity (Wildman–Crippen MR) is 55.8 cm³/mol. The van der Waals surface area contributed by atoms with Crippen molar-refractivity contribution in [1.29, 1.82) is 0 Å². The fourth-order valence-corrected chi connectivity index (χ4v) is 2.81. The van der Waals surface area contributed by atoms with Crippen LogP contribution in [0.4, 0.5) is 13.2 Å². The topological polar surface area (TPSA) is 66.4 Å². The molecule has 0 spiro atoms. The molecule has 0 atom stereocenters. The van der Waals surface area contributed by atoms with Crippen molar-refractivity contribution in [2.75, 3.05) is 12.3 Å². The van der Waals surface area contributed by atoms with Gasteiger partial charge in [0.25, 0.3) is 0 Å². The van der Waals surface area contributed by atoms with Crippen molar-refractivity contribution in [3.63, 3.8) is 0 Å². The van der Waals surface area contributed by atoms with Crippen LogP contribution >= 0.6 is 0 Å². The Kier molecular flexibility index (Phi) is 4.79. The van der Waals surface area contributed by atoms with E-state index in [1.54, 1.807) is 0 Å². The summed E-state index contributed by atoms with van der Waals surface area (Å²) in [7, 11) is -3.62. The Bertz CT molecular complexity index is 336. The molecule has 1 saturated carbocycles. The summed E-state index contributed by atoms with van der Waals surface area (Å²) >= 11 is 0. The van der Waals surface area contributed by atoms with E-state index in [1.165, 1.54) is 0 Å². The van der Waals surface area contributed by atoms with Gasteiger partial charge in [0.15, 0.2) is 0 Å². The third-order valence-electron chi connectivity index (χ3n) is 2.68. The summed E-state index contributed by atoms with van der Waals surface area (Å²) in [6.45, 7) is 0.200. The first-order chi connectivity index (χ1) is 7.68. The smallest absolute Gasteiger partial charge is 0.389 e. The summed E-state index contributed by atoms with van der Waals surface area (Å²) in [5, 5.41) is 8.98. The first kappa shape index (κ1) is 14.7. The number of rotatable bonds is 6. The lowest BCUT2D eigenvalue weighted by Crippen LogP contribution is -2.39. The van der Waals surface area contributed by atoms with E-state index in [4.69, 9.17) is 5.11 Å². The first-order valence-corrected chi connectivity index (χ1v) is 7.05. The van der Waals surface area contributed by atoms with Crippen molar-refractivity contribution in [2.24, 2.45) is 5.92 Å². The lowest BCUT2D eigenvalue weighted by Gasteiger charge is -2.31. The van der Waals surface area contributed by atoms with Crippen LogP contribution in [0.1, 0.15) is 25.7 Å². The molecule has 1 fully saturated rings. The Morgan fingerprint density at radius 3 is 2.35 bits per heavy atom. The zero-order valence-electron chi connectivity index (χ0n) is 9.20. The fraction of sp³-hybridized carbons (Fsp3) is 1.00. The average molecular weight is 275 g/mol. The van der Waals surface area contributed by atoms with Crippen LogP contribution in [0.25, 0.3) is 0 Å². The van der Waals surface area contributed by atoms with Crippen molar-refractivity contribution >= 4 is 10.0 Å². The molecule has 0 aromatic heterocycles. The molecule has 4 nitrogen and oxygen atoms in total. The number of hydrogen-bond acceptors (Lipinski definition) is 3. The molecule has 2 N–H and O–H groups in total. The van der Waals surface area contributed by atoms with Gasteiger partial charge >= 0.3 is 6.18 Å². The van der Waals surface area contributed by atoms with Gasteiger partial charge < -0.3 is 5.11 Å². The van der Waals surface area contributed by atoms with Gasteiger partial charge in [-0.1, -0.05) is 0 Å². The molecule has 0 bridgehead atoms. The summed E-state index contributed by atoms with van der Waals surface area (Å²) in [6.07, 6.45) is -5.10. The Labute approximate surface area is 98.3 Å². The third-order valence-corrected chi connectivity index (χ3v) is 4.11. The molecule has 0 aliphatic heterocycles. The Balaban J connectivity index is 2.17. The Hall–Kier alpha value is -0.340. The molecule has 0 aromatic carbocycles. The zero-order chi connectivity index (χ0) is 13.1. The van der Waals surface area contributed by atoms with Crippen molar-refractivity contribution in [3.05, 3.63) is 0 Å². The highest BCUT2D eigenvalue weighted by Gasteiger charge is 2.29. The highest BCUT2D eigenvalue weighted by molar-refractivity contribution is 7.89. The Morgan fingerprint density at radius 1 is 1.29 bits per heavy atom. The normalized spacial score (nSPS) is 25.6. The van der Waals surface area contributed by atoms with Gasteiger partial charge in [-0.3, -0.25) is 0 Å². The molecular weight excluding hydrogens is 259 g/mol. The number of alkyl halides is 3. The Morgan fingerprint density at radius 2 is 1.88 bits per heavy atom. The van der Waals surface area contributed by atoms with Gasteiger partial charge in [-0.15, -0.1) is 0 Å². The number of aliphatic hydroxyl groups is 1. The maximum Gasteiger partial charge on any atom is 0.389 e. The molecule has 0 saturated heterocycles. The maximum absolute atomic E-state index is 11.8. The van der Waals surface area contributed by atoms with E-state index in [0.717, 1.165) is 0 Å². The minimum absolute atomic E-state index is 0.0994. The molecule has 1 aliphatic rings. The molecular formula is C9H16F3NO3S. The molecule has 1 rings (SSSR count). The van der Waals surface area contributed by atoms with E-state index < -0.39 is 34.8 Å². The summed E-state index contributed by atoms with van der Waals surface area (Å²) in [5.74, 6) is -0.413. The summed E-state index contributed by atoms with van der Waals surface area (Å²) in [6, 6.07) is 0. The van der Waals surface area contributed by atoms with Gasteiger partial charge in [0.2, 0.25) is 10.0 Å². The molecule has 0 unspecified atom stereocenters. The molecule has 1 aliphatic carbocycles. The third kappa shape index (κ3) is 6.23. The van der Waals surface area contributed by atoms with Crippen LogP contribution in [0.5, 0.6) is 0 Å². The van der Waals surface area contributed by atoms with Gasteiger partial charge in [-0.2, -0.15) is 13.2 Å². The summed E-state index contributed by atoms with van der Waals surface area (Å²) in [5.41, 5.74) is 0. The van der Waals surface area contributed by atoms with Gasteiger partial charge in [-0.05, 0) is 25.2 Å². The van der Waals surface area contributed by atoms with Crippen LogP contribution < -0.4 is 4.72 Å². The van der Waals surface area contributed by atoms with Crippen molar-refractivity contribution in [2.45, 2.75) is 38.0 Å². The van der Waals surface area contributed by atoms with E-state index in [1.807, 2.05) is 0 Å². The van der Waals surface area contributed by atoms with Gasteiger partial charge in [0, 0.05) is 13.0 Å². The van der Waals surface area contributed by atoms with Crippen LogP contribution in [0.3, 0.4) is 0 Å². The monoisotopic (exact) mass is 275 g/mol. The minimum Gasteiger partial charge on any atom is -0.393 e. The maximum atomic E-state index is 11.8. The van der Waals surface area contributed by atoms with Gasteiger partial charge in [0.1, 0.15) is 0 Å². The lowest BCUT2D eigenvalue weighted by molar-refractivity contribution is -0.134. The number of halogens is 3. The molecule has 0 amide bonds. The van der Waals surface area contributed by atoms with Crippen LogP contribution in [0.2, 0.25) is 0 Å². The number of aliphatic hydroxyl groups excluding tert-OH is 1. The van der Waals surface area contributed by atoms with E-state index in [-0.39, 0.29) is 18.6 Å². The van der Waals surface area contributed by atoms with E-state index in [0.29, 0.717) is 12.8 Å². The highest BCUT2D eigenvalue weighted by atomic mass is 32.2. The summed E-state index contributed by atoms with van der Waals surface area (Å²) < 4.78 is 60.3. The first-order valence-electron chi connectivity index (χ1n) is 5.40. The minimum atomic E-state index is -4.31. The van der Waals surface area contributed by atoms with Crippen molar-refractivity contribution in [3.8, 4) is 0 Å². The van der Waals surface area contributed by atoms with Crippen LogP contribution in [-0.2, 0) is 10.0 Å². The lowest BCUT2D eigenvalue weighted by atomic mass is 9.83. The molecule has 102 valence electrons. The standard InChI is InChI=1S/C9H16F3NO3S/c10-9(11,12)2-1-3-17(15,16)13-6-7-4-8(14)5-7/h7-8,13-14H,1-6H2. The molecule has 17 heavy (non-hydrogen) atoms. The van der Waals surface area contributed by atoms with E-state index in [9.17, 15) is 21.6 Å². The number of sulfonamides is 1. The summed E-state index contributed by atoms with van der Waals surface area (Å²) in [4.78, 5) is 0.